The number of halogens is 2. The monoisotopic (exact) mass is 357 g/mol. The molecule has 1 unspecified atom stereocenters. The summed E-state index contributed by atoms with van der Waals surface area (Å²) in [5.41, 5.74) is 6.85. The van der Waals surface area contributed by atoms with Crippen LogP contribution >= 0.6 is 15.9 Å². The van der Waals surface area contributed by atoms with Gasteiger partial charge in [-0.15, -0.1) is 0 Å². The average Bonchev–Trinajstić information content (AvgIpc) is 2.37. The molecule has 1 atom stereocenters. The van der Waals surface area contributed by atoms with Crippen molar-refractivity contribution in [3.63, 3.8) is 0 Å². The van der Waals surface area contributed by atoms with E-state index in [0.717, 1.165) is 0 Å². The Hall–Kier alpha value is -1.40. The number of methoxy groups -OCH3 is 1. The topological polar surface area (TPSA) is 52.3 Å². The first kappa shape index (κ1) is 15.0. The molecule has 2 rings (SSSR count). The maximum atomic E-state index is 13.3. The Morgan fingerprint density at radius 1 is 1.30 bits per heavy atom. The summed E-state index contributed by atoms with van der Waals surface area (Å²) in [7, 11) is 0.156. The number of nitrogens with two attached hydrogens (primary N) is 1. The fraction of sp³-hybridized carbons (Fsp3) is 0.143. The fourth-order valence-corrected chi connectivity index (χ4v) is 3.52. The summed E-state index contributed by atoms with van der Waals surface area (Å²) >= 11 is 3.22. The van der Waals surface area contributed by atoms with E-state index in [9.17, 15) is 8.60 Å². The lowest BCUT2D eigenvalue weighted by atomic mass is 10.2. The first-order valence-electron chi connectivity index (χ1n) is 5.76. The third-order valence-corrected chi connectivity index (χ3v) is 4.53. The molecule has 0 spiro atoms. The van der Waals surface area contributed by atoms with Gasteiger partial charge in [0.2, 0.25) is 0 Å². The number of hydrogen-bond donors (Lipinski definition) is 1. The molecule has 0 heterocycles. The second kappa shape index (κ2) is 6.37. The molecule has 0 aliphatic heterocycles. The van der Waals surface area contributed by atoms with Crippen LogP contribution in [0, 0.1) is 5.82 Å². The highest BCUT2D eigenvalue weighted by Crippen LogP contribution is 2.27. The number of rotatable bonds is 4. The van der Waals surface area contributed by atoms with Gasteiger partial charge in [-0.25, -0.2) is 4.39 Å². The second-order valence-electron chi connectivity index (χ2n) is 4.18. The summed E-state index contributed by atoms with van der Waals surface area (Å²) in [6.07, 6.45) is 0. The SMILES string of the molecule is COc1cc(N)ccc1S(=O)Cc1cc(F)cc(Br)c1. The van der Waals surface area contributed by atoms with Crippen LogP contribution < -0.4 is 10.5 Å². The number of ether oxygens (including phenoxy) is 1. The molecule has 0 saturated carbocycles. The Kier molecular flexibility index (Phi) is 4.77. The minimum atomic E-state index is -1.34. The molecular weight excluding hydrogens is 345 g/mol. The zero-order chi connectivity index (χ0) is 14.7. The van der Waals surface area contributed by atoms with Crippen molar-refractivity contribution in [2.24, 2.45) is 0 Å². The Morgan fingerprint density at radius 2 is 2.05 bits per heavy atom. The van der Waals surface area contributed by atoms with Crippen LogP contribution in [0.2, 0.25) is 0 Å². The predicted molar refractivity (Wildman–Crippen MR) is 81.6 cm³/mol. The molecule has 0 saturated heterocycles. The third-order valence-electron chi connectivity index (χ3n) is 2.65. The van der Waals surface area contributed by atoms with Crippen LogP contribution in [0.15, 0.2) is 45.8 Å². The third kappa shape index (κ3) is 3.58. The van der Waals surface area contributed by atoms with Crippen LogP contribution in [-0.4, -0.2) is 11.3 Å². The van der Waals surface area contributed by atoms with Gasteiger partial charge in [-0.1, -0.05) is 15.9 Å². The van der Waals surface area contributed by atoms with Gasteiger partial charge >= 0.3 is 0 Å². The quantitative estimate of drug-likeness (QED) is 0.852. The standard InChI is InChI=1S/C14H13BrFNO2S/c1-19-13-7-12(17)2-3-14(13)20(18)8-9-4-10(15)6-11(16)5-9/h2-7H,8,17H2,1H3. The summed E-state index contributed by atoms with van der Waals surface area (Å²) in [5, 5.41) is 0. The molecule has 20 heavy (non-hydrogen) atoms. The Balaban J connectivity index is 2.28. The van der Waals surface area contributed by atoms with Gasteiger partial charge in [-0.3, -0.25) is 4.21 Å². The highest BCUT2D eigenvalue weighted by Gasteiger charge is 2.12. The van der Waals surface area contributed by atoms with Gasteiger partial charge in [0.25, 0.3) is 0 Å². The van der Waals surface area contributed by atoms with Crippen LogP contribution in [0.4, 0.5) is 10.1 Å². The number of nitrogen functional groups attached to an aromatic ring is 1. The molecule has 2 aromatic carbocycles. The van der Waals surface area contributed by atoms with Crippen molar-refractivity contribution in [2.75, 3.05) is 12.8 Å². The molecule has 0 radical (unpaired) electrons. The van der Waals surface area contributed by atoms with Gasteiger partial charge in [-0.2, -0.15) is 0 Å². The van der Waals surface area contributed by atoms with Gasteiger partial charge in [0, 0.05) is 16.2 Å². The highest BCUT2D eigenvalue weighted by molar-refractivity contribution is 9.10. The van der Waals surface area contributed by atoms with Crippen molar-refractivity contribution in [1.82, 2.24) is 0 Å². The van der Waals surface area contributed by atoms with Gasteiger partial charge < -0.3 is 10.5 Å². The number of hydrogen-bond acceptors (Lipinski definition) is 3. The summed E-state index contributed by atoms with van der Waals surface area (Å²) in [6, 6.07) is 9.41. The van der Waals surface area contributed by atoms with E-state index >= 15 is 0 Å². The molecular formula is C14H13BrFNO2S. The van der Waals surface area contributed by atoms with E-state index in [0.29, 0.717) is 26.4 Å². The molecule has 0 amide bonds. The Labute approximate surface area is 127 Å². The Bertz CT molecular complexity index is 643. The first-order valence-corrected chi connectivity index (χ1v) is 7.87. The molecule has 0 aromatic heterocycles. The van der Waals surface area contributed by atoms with Crippen molar-refractivity contribution in [1.29, 1.82) is 0 Å². The average molecular weight is 358 g/mol. The van der Waals surface area contributed by atoms with Gasteiger partial charge in [0.05, 0.1) is 28.6 Å². The van der Waals surface area contributed by atoms with E-state index in [1.165, 1.54) is 19.2 Å². The van der Waals surface area contributed by atoms with E-state index in [2.05, 4.69) is 15.9 Å². The number of anilines is 1. The summed E-state index contributed by atoms with van der Waals surface area (Å²) in [6.45, 7) is 0. The fourth-order valence-electron chi connectivity index (χ4n) is 1.80. The van der Waals surface area contributed by atoms with Crippen LogP contribution in [0.1, 0.15) is 5.56 Å². The largest absolute Gasteiger partial charge is 0.495 e. The Morgan fingerprint density at radius 3 is 2.70 bits per heavy atom. The lowest BCUT2D eigenvalue weighted by Gasteiger charge is -2.09. The van der Waals surface area contributed by atoms with Crippen LogP contribution in [-0.2, 0) is 16.6 Å². The van der Waals surface area contributed by atoms with E-state index in [1.54, 1.807) is 24.3 Å². The van der Waals surface area contributed by atoms with Gasteiger partial charge in [0.1, 0.15) is 11.6 Å². The first-order chi connectivity index (χ1) is 9.49. The lowest BCUT2D eigenvalue weighted by molar-refractivity contribution is 0.404. The lowest BCUT2D eigenvalue weighted by Crippen LogP contribution is -2.01. The van der Waals surface area contributed by atoms with E-state index < -0.39 is 10.8 Å². The summed E-state index contributed by atoms with van der Waals surface area (Å²) in [4.78, 5) is 0.544. The van der Waals surface area contributed by atoms with Gasteiger partial charge in [-0.05, 0) is 35.9 Å². The van der Waals surface area contributed by atoms with Crippen molar-refractivity contribution in [3.05, 3.63) is 52.3 Å². The zero-order valence-electron chi connectivity index (χ0n) is 10.7. The molecule has 2 aromatic rings. The summed E-state index contributed by atoms with van der Waals surface area (Å²) in [5.74, 6) is 0.311. The van der Waals surface area contributed by atoms with Crippen molar-refractivity contribution >= 4 is 32.4 Å². The molecule has 2 N–H and O–H groups in total. The van der Waals surface area contributed by atoms with Crippen molar-refractivity contribution in [3.8, 4) is 5.75 Å². The van der Waals surface area contributed by atoms with Crippen molar-refractivity contribution < 1.29 is 13.3 Å². The molecule has 6 heteroatoms. The number of benzene rings is 2. The molecule has 0 aliphatic rings. The minimum Gasteiger partial charge on any atom is -0.495 e. The van der Waals surface area contributed by atoms with E-state index in [-0.39, 0.29) is 11.6 Å². The van der Waals surface area contributed by atoms with Crippen LogP contribution in [0.3, 0.4) is 0 Å². The summed E-state index contributed by atoms with van der Waals surface area (Å²) < 4.78 is 31.5. The van der Waals surface area contributed by atoms with Crippen molar-refractivity contribution in [2.45, 2.75) is 10.6 Å². The molecule has 3 nitrogen and oxygen atoms in total. The normalized spacial score (nSPS) is 12.2. The molecule has 0 fully saturated rings. The smallest absolute Gasteiger partial charge is 0.137 e. The van der Waals surface area contributed by atoms with E-state index in [4.69, 9.17) is 10.5 Å². The minimum absolute atomic E-state index is 0.205. The van der Waals surface area contributed by atoms with Crippen LogP contribution in [0.25, 0.3) is 0 Å². The highest BCUT2D eigenvalue weighted by atomic mass is 79.9. The maximum Gasteiger partial charge on any atom is 0.137 e. The maximum absolute atomic E-state index is 13.3. The molecule has 106 valence electrons. The van der Waals surface area contributed by atoms with Crippen LogP contribution in [0.5, 0.6) is 5.75 Å². The van der Waals surface area contributed by atoms with Gasteiger partial charge in [0.15, 0.2) is 0 Å². The predicted octanol–water partition coefficient (Wildman–Crippen LogP) is 3.49. The zero-order valence-corrected chi connectivity index (χ0v) is 13.1. The second-order valence-corrected chi connectivity index (χ2v) is 6.51. The molecule has 0 aliphatic carbocycles. The molecule has 0 bridgehead atoms. The van der Waals surface area contributed by atoms with E-state index in [1.807, 2.05) is 0 Å².